The molecule has 0 spiro atoms. The van der Waals surface area contributed by atoms with E-state index in [4.69, 9.17) is 4.74 Å². The minimum atomic E-state index is 0.584. The lowest BCUT2D eigenvalue weighted by Gasteiger charge is -2.13. The summed E-state index contributed by atoms with van der Waals surface area (Å²) in [4.78, 5) is 1.41. The van der Waals surface area contributed by atoms with Crippen molar-refractivity contribution >= 4 is 0 Å². The van der Waals surface area contributed by atoms with Crippen LogP contribution >= 0.6 is 0 Å². The molecule has 0 aliphatic rings. The molecule has 0 amide bonds. The van der Waals surface area contributed by atoms with E-state index in [2.05, 4.69) is 53.1 Å². The molecule has 0 saturated carbocycles. The maximum absolute atomic E-state index is 5.71. The quantitative estimate of drug-likeness (QED) is 0.799. The highest BCUT2D eigenvalue weighted by atomic mass is 16.5. The highest BCUT2D eigenvalue weighted by Gasteiger charge is 2.04. The van der Waals surface area contributed by atoms with Crippen LogP contribution in [0.5, 0.6) is 5.75 Å². The summed E-state index contributed by atoms with van der Waals surface area (Å²) in [6.45, 7) is 8.41. The smallest absolute Gasteiger partial charge is 0.137 e. The zero-order valence-electron chi connectivity index (χ0n) is 11.1. The molecule has 0 bridgehead atoms. The first kappa shape index (κ1) is 13.0. The number of benzene rings is 1. The van der Waals surface area contributed by atoms with Crippen LogP contribution in [-0.4, -0.2) is 27.2 Å². The lowest BCUT2D eigenvalue weighted by Crippen LogP contribution is -3.06. The topological polar surface area (TPSA) is 13.7 Å². The molecule has 0 heterocycles. The highest BCUT2D eigenvalue weighted by Crippen LogP contribution is 2.23. The van der Waals surface area contributed by atoms with Gasteiger partial charge in [0.1, 0.15) is 18.9 Å². The van der Waals surface area contributed by atoms with E-state index in [1.54, 1.807) is 0 Å². The third-order valence-corrected chi connectivity index (χ3v) is 2.73. The van der Waals surface area contributed by atoms with Gasteiger partial charge in [0.25, 0.3) is 0 Å². The van der Waals surface area contributed by atoms with Crippen molar-refractivity contribution in [3.05, 3.63) is 29.3 Å². The first-order valence-electron chi connectivity index (χ1n) is 6.03. The Morgan fingerprint density at radius 1 is 1.25 bits per heavy atom. The Morgan fingerprint density at radius 3 is 2.44 bits per heavy atom. The van der Waals surface area contributed by atoms with Crippen LogP contribution in [0.4, 0.5) is 0 Å². The summed E-state index contributed by atoms with van der Waals surface area (Å²) in [6, 6.07) is 6.39. The summed E-state index contributed by atoms with van der Waals surface area (Å²) in [5.41, 5.74) is 2.73. The summed E-state index contributed by atoms with van der Waals surface area (Å²) < 4.78 is 5.71. The van der Waals surface area contributed by atoms with Crippen molar-refractivity contribution in [2.45, 2.75) is 26.7 Å². The second kappa shape index (κ2) is 5.90. The van der Waals surface area contributed by atoms with E-state index in [1.807, 2.05) is 0 Å². The largest absolute Gasteiger partial charge is 0.488 e. The predicted octanol–water partition coefficient (Wildman–Crippen LogP) is 1.64. The van der Waals surface area contributed by atoms with Crippen LogP contribution in [-0.2, 0) is 0 Å². The molecule has 0 aromatic heterocycles. The minimum Gasteiger partial charge on any atom is -0.488 e. The van der Waals surface area contributed by atoms with Crippen LogP contribution in [0.1, 0.15) is 30.9 Å². The van der Waals surface area contributed by atoms with E-state index in [-0.39, 0.29) is 0 Å². The van der Waals surface area contributed by atoms with E-state index in [0.29, 0.717) is 5.92 Å². The van der Waals surface area contributed by atoms with Gasteiger partial charge >= 0.3 is 0 Å². The van der Waals surface area contributed by atoms with Gasteiger partial charge in [0.15, 0.2) is 0 Å². The lowest BCUT2D eigenvalue weighted by molar-refractivity contribution is -0.858. The molecule has 0 atom stereocenters. The number of rotatable bonds is 5. The Labute approximate surface area is 99.2 Å². The van der Waals surface area contributed by atoms with Crippen molar-refractivity contribution in [3.63, 3.8) is 0 Å². The van der Waals surface area contributed by atoms with Crippen LogP contribution in [0, 0.1) is 6.92 Å². The van der Waals surface area contributed by atoms with Crippen molar-refractivity contribution < 1.29 is 9.64 Å². The van der Waals surface area contributed by atoms with Crippen LogP contribution in [0.2, 0.25) is 0 Å². The second-order valence-corrected chi connectivity index (χ2v) is 4.98. The zero-order chi connectivity index (χ0) is 12.1. The van der Waals surface area contributed by atoms with E-state index in [1.165, 1.54) is 16.0 Å². The molecular formula is C14H24NO+. The Kier molecular flexibility index (Phi) is 4.81. The number of hydrogen-bond donors (Lipinski definition) is 1. The highest BCUT2D eigenvalue weighted by molar-refractivity contribution is 5.36. The van der Waals surface area contributed by atoms with Gasteiger partial charge in [-0.2, -0.15) is 0 Å². The van der Waals surface area contributed by atoms with Crippen LogP contribution in [0.25, 0.3) is 0 Å². The molecule has 2 heteroatoms. The third kappa shape index (κ3) is 3.86. The lowest BCUT2D eigenvalue weighted by atomic mass is 9.98. The van der Waals surface area contributed by atoms with Gasteiger partial charge in [0.2, 0.25) is 0 Å². The summed E-state index contributed by atoms with van der Waals surface area (Å²) in [7, 11) is 4.27. The average molecular weight is 222 g/mol. The molecule has 0 aliphatic carbocycles. The van der Waals surface area contributed by atoms with Crippen LogP contribution in [0.3, 0.4) is 0 Å². The Balaban J connectivity index is 2.59. The van der Waals surface area contributed by atoms with Crippen molar-refractivity contribution in [2.24, 2.45) is 0 Å². The predicted molar refractivity (Wildman–Crippen MR) is 68.4 cm³/mol. The fraction of sp³-hybridized carbons (Fsp3) is 0.571. The van der Waals surface area contributed by atoms with E-state index >= 15 is 0 Å². The monoisotopic (exact) mass is 222 g/mol. The Hall–Kier alpha value is -1.02. The number of nitrogens with one attached hydrogen (secondary N) is 1. The summed E-state index contributed by atoms with van der Waals surface area (Å²) >= 11 is 0. The van der Waals surface area contributed by atoms with Gasteiger partial charge in [0.05, 0.1) is 14.1 Å². The summed E-state index contributed by atoms with van der Waals surface area (Å²) in [5.74, 6) is 1.57. The normalized spacial score (nSPS) is 11.2. The molecule has 90 valence electrons. The number of aryl methyl sites for hydroxylation is 1. The number of quaternary nitrogens is 1. The standard InChI is InChI=1S/C14H23NO/c1-11(2)14-7-6-13(10-12(14)3)16-9-8-15(4)5/h6-7,10-11H,8-9H2,1-5H3/p+1. The first-order valence-corrected chi connectivity index (χ1v) is 6.03. The maximum atomic E-state index is 5.71. The molecule has 0 aliphatic heterocycles. The number of likely N-dealkylation sites (N-methyl/N-ethyl adjacent to an activating group) is 1. The fourth-order valence-electron chi connectivity index (χ4n) is 1.76. The van der Waals surface area contributed by atoms with Crippen molar-refractivity contribution in [1.29, 1.82) is 0 Å². The first-order chi connectivity index (χ1) is 7.50. The second-order valence-electron chi connectivity index (χ2n) is 4.98. The van der Waals surface area contributed by atoms with Gasteiger partial charge in [-0.15, -0.1) is 0 Å². The van der Waals surface area contributed by atoms with Gasteiger partial charge in [-0.3, -0.25) is 0 Å². The minimum absolute atomic E-state index is 0.584. The molecule has 0 fully saturated rings. The molecule has 0 radical (unpaired) electrons. The number of ether oxygens (including phenoxy) is 1. The Morgan fingerprint density at radius 2 is 1.94 bits per heavy atom. The molecule has 1 N–H and O–H groups in total. The molecular weight excluding hydrogens is 198 g/mol. The van der Waals surface area contributed by atoms with Crippen LogP contribution < -0.4 is 9.64 Å². The van der Waals surface area contributed by atoms with Gasteiger partial charge in [-0.1, -0.05) is 19.9 Å². The van der Waals surface area contributed by atoms with E-state index in [9.17, 15) is 0 Å². The maximum Gasteiger partial charge on any atom is 0.137 e. The van der Waals surface area contributed by atoms with Gasteiger partial charge in [0, 0.05) is 0 Å². The third-order valence-electron chi connectivity index (χ3n) is 2.73. The number of hydrogen-bond acceptors (Lipinski definition) is 1. The van der Waals surface area contributed by atoms with E-state index in [0.717, 1.165) is 18.9 Å². The molecule has 16 heavy (non-hydrogen) atoms. The summed E-state index contributed by atoms with van der Waals surface area (Å²) in [6.07, 6.45) is 0. The van der Waals surface area contributed by atoms with Crippen molar-refractivity contribution in [2.75, 3.05) is 27.2 Å². The fourth-order valence-corrected chi connectivity index (χ4v) is 1.76. The van der Waals surface area contributed by atoms with Gasteiger partial charge < -0.3 is 9.64 Å². The molecule has 1 aromatic rings. The van der Waals surface area contributed by atoms with Crippen molar-refractivity contribution in [1.82, 2.24) is 0 Å². The molecule has 0 unspecified atom stereocenters. The average Bonchev–Trinajstić information content (AvgIpc) is 2.16. The summed E-state index contributed by atoms with van der Waals surface area (Å²) in [5, 5.41) is 0. The molecule has 1 rings (SSSR count). The van der Waals surface area contributed by atoms with Gasteiger partial charge in [-0.05, 0) is 36.1 Å². The Bertz CT molecular complexity index is 332. The molecule has 2 nitrogen and oxygen atoms in total. The molecule has 1 aromatic carbocycles. The molecule has 0 saturated heterocycles. The SMILES string of the molecule is Cc1cc(OCC[NH+](C)C)ccc1C(C)C. The van der Waals surface area contributed by atoms with Crippen LogP contribution in [0.15, 0.2) is 18.2 Å². The zero-order valence-corrected chi connectivity index (χ0v) is 11.1. The van der Waals surface area contributed by atoms with Crippen molar-refractivity contribution in [3.8, 4) is 5.75 Å². The van der Waals surface area contributed by atoms with E-state index < -0.39 is 0 Å². The van der Waals surface area contributed by atoms with Gasteiger partial charge in [-0.25, -0.2) is 0 Å².